The van der Waals surface area contributed by atoms with Crippen LogP contribution in [0, 0.1) is 11.7 Å². The first-order valence-corrected chi connectivity index (χ1v) is 8.21. The average Bonchev–Trinajstić information content (AvgIpc) is 3.05. The summed E-state index contributed by atoms with van der Waals surface area (Å²) in [5, 5.41) is 0. The van der Waals surface area contributed by atoms with Gasteiger partial charge in [0.1, 0.15) is 12.4 Å². The van der Waals surface area contributed by atoms with Gasteiger partial charge in [0.05, 0.1) is 12.2 Å². The van der Waals surface area contributed by atoms with Gasteiger partial charge in [-0.1, -0.05) is 6.92 Å². The predicted molar refractivity (Wildman–Crippen MR) is 80.5 cm³/mol. The molecule has 1 amide bonds. The van der Waals surface area contributed by atoms with Crippen molar-refractivity contribution in [1.82, 2.24) is 14.9 Å². The van der Waals surface area contributed by atoms with Crippen molar-refractivity contribution >= 4 is 5.91 Å². The fourth-order valence-corrected chi connectivity index (χ4v) is 3.10. The first-order valence-electron chi connectivity index (χ1n) is 8.21. The molecule has 1 unspecified atom stereocenters. The van der Waals surface area contributed by atoms with E-state index in [2.05, 4.69) is 9.97 Å². The molecule has 0 aliphatic carbocycles. The van der Waals surface area contributed by atoms with Crippen molar-refractivity contribution in [2.45, 2.75) is 38.7 Å². The maximum atomic E-state index is 14.1. The Labute approximate surface area is 135 Å². The van der Waals surface area contributed by atoms with Crippen LogP contribution in [0.5, 0.6) is 5.88 Å². The summed E-state index contributed by atoms with van der Waals surface area (Å²) < 4.78 is 25.1. The highest BCUT2D eigenvalue weighted by Gasteiger charge is 2.33. The number of carbonyl (C=O) groups is 1. The Morgan fingerprint density at radius 2 is 2.17 bits per heavy atom. The zero-order valence-corrected chi connectivity index (χ0v) is 13.3. The molecule has 0 spiro atoms. The predicted octanol–water partition coefficient (Wildman–Crippen LogP) is 1.58. The van der Waals surface area contributed by atoms with Gasteiger partial charge < -0.3 is 14.4 Å². The molecule has 2 aliphatic heterocycles. The van der Waals surface area contributed by atoms with Gasteiger partial charge in [-0.2, -0.15) is 9.37 Å². The van der Waals surface area contributed by atoms with Crippen molar-refractivity contribution in [3.8, 4) is 5.88 Å². The standard InChI is InChI=1S/C16H22FN3O3/c1-2-13-14(17)15(19-10-18-13)23-12-3-6-20(9-12)16(21)11-4-7-22-8-5-11/h10-12H,2-9H2,1H3. The number of aryl methyl sites for hydroxylation is 1. The summed E-state index contributed by atoms with van der Waals surface area (Å²) in [5.74, 6) is -0.298. The minimum atomic E-state index is -0.496. The summed E-state index contributed by atoms with van der Waals surface area (Å²) in [4.78, 5) is 22.1. The highest BCUT2D eigenvalue weighted by molar-refractivity contribution is 5.79. The third-order valence-electron chi connectivity index (χ3n) is 4.47. The Balaban J connectivity index is 1.58. The SMILES string of the molecule is CCc1ncnc(OC2CCN(C(=O)C3CCOCC3)C2)c1F. The van der Waals surface area contributed by atoms with Crippen molar-refractivity contribution < 1.29 is 18.7 Å². The van der Waals surface area contributed by atoms with Crippen LogP contribution in [-0.4, -0.2) is 53.2 Å². The Bertz CT molecular complexity index is 564. The summed E-state index contributed by atoms with van der Waals surface area (Å²) >= 11 is 0. The number of hydrogen-bond acceptors (Lipinski definition) is 5. The molecular weight excluding hydrogens is 301 g/mol. The first-order chi connectivity index (χ1) is 11.2. The van der Waals surface area contributed by atoms with Crippen molar-refractivity contribution in [2.24, 2.45) is 5.92 Å². The molecule has 1 atom stereocenters. The first kappa shape index (κ1) is 16.1. The zero-order chi connectivity index (χ0) is 16.2. The second kappa shape index (κ2) is 7.21. The Morgan fingerprint density at radius 3 is 2.91 bits per heavy atom. The number of amides is 1. The fraction of sp³-hybridized carbons (Fsp3) is 0.688. The molecule has 7 heteroatoms. The molecule has 1 aromatic rings. The average molecular weight is 323 g/mol. The fourth-order valence-electron chi connectivity index (χ4n) is 3.10. The lowest BCUT2D eigenvalue weighted by molar-refractivity contribution is -0.137. The van der Waals surface area contributed by atoms with Gasteiger partial charge in [0.15, 0.2) is 0 Å². The monoisotopic (exact) mass is 323 g/mol. The van der Waals surface area contributed by atoms with Crippen LogP contribution in [0.1, 0.15) is 31.9 Å². The molecular formula is C16H22FN3O3. The summed E-state index contributed by atoms with van der Waals surface area (Å²) in [6.45, 7) is 4.26. The molecule has 6 nitrogen and oxygen atoms in total. The number of nitrogens with zero attached hydrogens (tertiary/aromatic N) is 3. The molecule has 23 heavy (non-hydrogen) atoms. The molecule has 0 N–H and O–H groups in total. The Kier molecular flexibility index (Phi) is 5.05. The summed E-state index contributed by atoms with van der Waals surface area (Å²) in [6, 6.07) is 0. The maximum Gasteiger partial charge on any atom is 0.254 e. The number of ether oxygens (including phenoxy) is 2. The second-order valence-corrected chi connectivity index (χ2v) is 5.99. The maximum absolute atomic E-state index is 14.1. The topological polar surface area (TPSA) is 64.6 Å². The van der Waals surface area contributed by atoms with Crippen LogP contribution in [0.15, 0.2) is 6.33 Å². The Hall–Kier alpha value is -1.76. The van der Waals surface area contributed by atoms with Crippen LogP contribution < -0.4 is 4.74 Å². The van der Waals surface area contributed by atoms with E-state index < -0.39 is 5.82 Å². The van der Waals surface area contributed by atoms with Crippen LogP contribution in [0.2, 0.25) is 0 Å². The van der Waals surface area contributed by atoms with E-state index in [-0.39, 0.29) is 23.8 Å². The van der Waals surface area contributed by atoms with E-state index in [1.54, 1.807) is 0 Å². The van der Waals surface area contributed by atoms with Gasteiger partial charge in [0.2, 0.25) is 11.7 Å². The van der Waals surface area contributed by atoms with Gasteiger partial charge >= 0.3 is 0 Å². The highest BCUT2D eigenvalue weighted by Crippen LogP contribution is 2.24. The zero-order valence-electron chi connectivity index (χ0n) is 13.3. The molecule has 0 saturated carbocycles. The lowest BCUT2D eigenvalue weighted by Gasteiger charge is -2.26. The van der Waals surface area contributed by atoms with E-state index >= 15 is 0 Å². The third kappa shape index (κ3) is 3.60. The summed E-state index contributed by atoms with van der Waals surface area (Å²) in [5.41, 5.74) is 0.350. The van der Waals surface area contributed by atoms with Crippen LogP contribution in [0.25, 0.3) is 0 Å². The quantitative estimate of drug-likeness (QED) is 0.842. The van der Waals surface area contributed by atoms with E-state index in [0.29, 0.717) is 44.8 Å². The van der Waals surface area contributed by atoms with Gasteiger partial charge in [-0.25, -0.2) is 4.98 Å². The molecule has 3 heterocycles. The van der Waals surface area contributed by atoms with Gasteiger partial charge in [-0.3, -0.25) is 4.79 Å². The van der Waals surface area contributed by atoms with E-state index in [0.717, 1.165) is 12.8 Å². The molecule has 2 saturated heterocycles. The number of carbonyl (C=O) groups excluding carboxylic acids is 1. The van der Waals surface area contributed by atoms with Gasteiger partial charge in [-0.05, 0) is 19.3 Å². The van der Waals surface area contributed by atoms with E-state index in [1.807, 2.05) is 11.8 Å². The third-order valence-corrected chi connectivity index (χ3v) is 4.47. The minimum Gasteiger partial charge on any atom is -0.470 e. The largest absolute Gasteiger partial charge is 0.470 e. The van der Waals surface area contributed by atoms with Crippen LogP contribution in [0.4, 0.5) is 4.39 Å². The molecule has 0 radical (unpaired) electrons. The summed E-state index contributed by atoms with van der Waals surface area (Å²) in [6.07, 6.45) is 3.84. The van der Waals surface area contributed by atoms with Crippen molar-refractivity contribution in [3.05, 3.63) is 17.8 Å². The number of hydrogen-bond donors (Lipinski definition) is 0. The lowest BCUT2D eigenvalue weighted by Crippen LogP contribution is -2.38. The lowest BCUT2D eigenvalue weighted by atomic mass is 9.99. The molecule has 0 bridgehead atoms. The van der Waals surface area contributed by atoms with Crippen molar-refractivity contribution in [2.75, 3.05) is 26.3 Å². The van der Waals surface area contributed by atoms with E-state index in [1.165, 1.54) is 6.33 Å². The highest BCUT2D eigenvalue weighted by atomic mass is 19.1. The number of likely N-dealkylation sites (tertiary alicyclic amines) is 1. The number of rotatable bonds is 4. The van der Waals surface area contributed by atoms with E-state index in [4.69, 9.17) is 9.47 Å². The van der Waals surface area contributed by atoms with Gasteiger partial charge in [0.25, 0.3) is 5.88 Å². The molecule has 3 rings (SSSR count). The molecule has 126 valence electrons. The van der Waals surface area contributed by atoms with Gasteiger partial charge in [-0.15, -0.1) is 0 Å². The molecule has 0 aromatic carbocycles. The second-order valence-electron chi connectivity index (χ2n) is 5.99. The number of halogens is 1. The van der Waals surface area contributed by atoms with Gasteiger partial charge in [0, 0.05) is 32.1 Å². The molecule has 2 aliphatic rings. The minimum absolute atomic E-state index is 0.0118. The normalized spacial score (nSPS) is 22.3. The van der Waals surface area contributed by atoms with E-state index in [9.17, 15) is 9.18 Å². The molecule has 1 aromatic heterocycles. The summed E-state index contributed by atoms with van der Waals surface area (Å²) in [7, 11) is 0. The smallest absolute Gasteiger partial charge is 0.254 e. The van der Waals surface area contributed by atoms with Crippen LogP contribution >= 0.6 is 0 Å². The van der Waals surface area contributed by atoms with Crippen molar-refractivity contribution in [1.29, 1.82) is 0 Å². The molecule has 2 fully saturated rings. The van der Waals surface area contributed by atoms with Crippen LogP contribution in [-0.2, 0) is 16.0 Å². The van der Waals surface area contributed by atoms with Crippen LogP contribution in [0.3, 0.4) is 0 Å². The van der Waals surface area contributed by atoms with Crippen molar-refractivity contribution in [3.63, 3.8) is 0 Å². The number of aromatic nitrogens is 2. The Morgan fingerprint density at radius 1 is 1.39 bits per heavy atom.